The normalized spacial score (nSPS) is 19.1. The van der Waals surface area contributed by atoms with E-state index < -0.39 is 24.1 Å². The van der Waals surface area contributed by atoms with Crippen molar-refractivity contribution >= 4 is 12.0 Å². The monoisotopic (exact) mass is 216 g/mol. The fourth-order valence-electron chi connectivity index (χ4n) is 1.47. The molecule has 1 saturated carbocycles. The Morgan fingerprint density at radius 1 is 1.47 bits per heavy atom. The highest BCUT2D eigenvalue weighted by molar-refractivity contribution is 5.81. The van der Waals surface area contributed by atoms with Gasteiger partial charge in [0, 0.05) is 7.05 Å². The number of rotatable bonds is 5. The van der Waals surface area contributed by atoms with Crippen LogP contribution < -0.4 is 10.6 Å². The van der Waals surface area contributed by atoms with Crippen LogP contribution in [0.15, 0.2) is 0 Å². The molecule has 15 heavy (non-hydrogen) atoms. The third kappa shape index (κ3) is 3.75. The summed E-state index contributed by atoms with van der Waals surface area (Å²) in [6.07, 6.45) is 0.0625. The van der Waals surface area contributed by atoms with Crippen molar-refractivity contribution < 1.29 is 19.8 Å². The van der Waals surface area contributed by atoms with Gasteiger partial charge in [-0.15, -0.1) is 0 Å². The second-order valence-electron chi connectivity index (χ2n) is 3.79. The molecule has 0 bridgehead atoms. The number of hydrogen-bond acceptors (Lipinski definition) is 3. The summed E-state index contributed by atoms with van der Waals surface area (Å²) in [5, 5.41) is 22.6. The lowest BCUT2D eigenvalue weighted by molar-refractivity contribution is -0.130. The molecule has 1 aliphatic rings. The SMILES string of the molecule is CNC(=O)C(O)[C@H](CC1CC1)NC(=O)O. The third-order valence-corrected chi connectivity index (χ3v) is 2.49. The Bertz CT molecular complexity index is 252. The van der Waals surface area contributed by atoms with E-state index in [4.69, 9.17) is 5.11 Å². The lowest BCUT2D eigenvalue weighted by Gasteiger charge is -2.21. The first kappa shape index (κ1) is 11.8. The van der Waals surface area contributed by atoms with E-state index in [2.05, 4.69) is 10.6 Å². The maximum absolute atomic E-state index is 11.1. The number of amides is 2. The molecule has 6 nitrogen and oxygen atoms in total. The summed E-state index contributed by atoms with van der Waals surface area (Å²) in [4.78, 5) is 21.6. The molecule has 86 valence electrons. The molecule has 1 rings (SSSR count). The molecule has 0 spiro atoms. The lowest BCUT2D eigenvalue weighted by atomic mass is 10.0. The van der Waals surface area contributed by atoms with Gasteiger partial charge in [-0.25, -0.2) is 4.79 Å². The first-order valence-electron chi connectivity index (χ1n) is 4.93. The summed E-state index contributed by atoms with van der Waals surface area (Å²) in [6.45, 7) is 0. The molecular formula is C9H16N2O4. The van der Waals surface area contributed by atoms with Gasteiger partial charge in [0.15, 0.2) is 6.10 Å². The molecule has 0 saturated heterocycles. The Labute approximate surface area is 87.7 Å². The van der Waals surface area contributed by atoms with Crippen molar-refractivity contribution in [2.45, 2.75) is 31.4 Å². The second kappa shape index (κ2) is 4.97. The van der Waals surface area contributed by atoms with Crippen molar-refractivity contribution in [1.82, 2.24) is 10.6 Å². The Morgan fingerprint density at radius 2 is 2.07 bits per heavy atom. The van der Waals surface area contributed by atoms with Gasteiger partial charge in [0.05, 0.1) is 6.04 Å². The molecule has 1 aliphatic carbocycles. The summed E-state index contributed by atoms with van der Waals surface area (Å²) in [6, 6.07) is -0.713. The average molecular weight is 216 g/mol. The van der Waals surface area contributed by atoms with Crippen LogP contribution in [0.25, 0.3) is 0 Å². The van der Waals surface area contributed by atoms with Gasteiger partial charge in [0.1, 0.15) is 0 Å². The summed E-state index contributed by atoms with van der Waals surface area (Å²) in [5.41, 5.74) is 0. The second-order valence-corrected chi connectivity index (χ2v) is 3.79. The van der Waals surface area contributed by atoms with E-state index >= 15 is 0 Å². The van der Waals surface area contributed by atoms with E-state index in [9.17, 15) is 14.7 Å². The van der Waals surface area contributed by atoms with Crippen LogP contribution in [0, 0.1) is 5.92 Å². The Kier molecular flexibility index (Phi) is 3.90. The summed E-state index contributed by atoms with van der Waals surface area (Å²) < 4.78 is 0. The van der Waals surface area contributed by atoms with Crippen LogP contribution >= 0.6 is 0 Å². The molecule has 1 unspecified atom stereocenters. The maximum Gasteiger partial charge on any atom is 0.404 e. The molecule has 0 heterocycles. The fraction of sp³-hybridized carbons (Fsp3) is 0.778. The van der Waals surface area contributed by atoms with E-state index in [0.717, 1.165) is 12.8 Å². The Balaban J connectivity index is 2.52. The zero-order valence-electron chi connectivity index (χ0n) is 8.56. The van der Waals surface area contributed by atoms with Crippen LogP contribution in [-0.2, 0) is 4.79 Å². The van der Waals surface area contributed by atoms with Crippen LogP contribution in [-0.4, -0.2) is 41.4 Å². The van der Waals surface area contributed by atoms with E-state index in [1.165, 1.54) is 7.05 Å². The van der Waals surface area contributed by atoms with Gasteiger partial charge in [-0.1, -0.05) is 12.8 Å². The highest BCUT2D eigenvalue weighted by atomic mass is 16.4. The Hall–Kier alpha value is -1.30. The van der Waals surface area contributed by atoms with Gasteiger partial charge >= 0.3 is 6.09 Å². The molecule has 0 aromatic heterocycles. The largest absolute Gasteiger partial charge is 0.465 e. The molecular weight excluding hydrogens is 200 g/mol. The van der Waals surface area contributed by atoms with Crippen LogP contribution in [0.3, 0.4) is 0 Å². The smallest absolute Gasteiger partial charge is 0.404 e. The number of carbonyl (C=O) groups is 2. The highest BCUT2D eigenvalue weighted by Crippen LogP contribution is 2.34. The predicted molar refractivity (Wildman–Crippen MR) is 52.4 cm³/mol. The van der Waals surface area contributed by atoms with Crippen LogP contribution in [0.2, 0.25) is 0 Å². The van der Waals surface area contributed by atoms with E-state index in [1.54, 1.807) is 0 Å². The lowest BCUT2D eigenvalue weighted by Crippen LogP contribution is -2.49. The van der Waals surface area contributed by atoms with E-state index in [0.29, 0.717) is 12.3 Å². The molecule has 2 atom stereocenters. The van der Waals surface area contributed by atoms with Crippen LogP contribution in [0.4, 0.5) is 4.79 Å². The molecule has 0 radical (unpaired) electrons. The molecule has 6 heteroatoms. The van der Waals surface area contributed by atoms with Gasteiger partial charge < -0.3 is 20.8 Å². The molecule has 0 aromatic rings. The number of hydrogen-bond donors (Lipinski definition) is 4. The third-order valence-electron chi connectivity index (χ3n) is 2.49. The number of aliphatic hydroxyl groups excluding tert-OH is 1. The molecule has 0 aromatic carbocycles. The van der Waals surface area contributed by atoms with Crippen molar-refractivity contribution in [3.63, 3.8) is 0 Å². The zero-order valence-corrected chi connectivity index (χ0v) is 8.56. The quantitative estimate of drug-likeness (QED) is 0.499. The molecule has 1 fully saturated rings. The first-order valence-corrected chi connectivity index (χ1v) is 4.93. The molecule has 2 amide bonds. The minimum atomic E-state index is -1.31. The van der Waals surface area contributed by atoms with Crippen molar-refractivity contribution in [3.05, 3.63) is 0 Å². The average Bonchev–Trinajstić information content (AvgIpc) is 2.97. The standard InChI is InChI=1S/C9H16N2O4/c1-10-8(13)7(12)6(11-9(14)15)4-5-2-3-5/h5-7,11-12H,2-4H2,1H3,(H,10,13)(H,14,15)/t6-,7?/m0/s1. The van der Waals surface area contributed by atoms with Crippen LogP contribution in [0.1, 0.15) is 19.3 Å². The number of carbonyl (C=O) groups excluding carboxylic acids is 1. The van der Waals surface area contributed by atoms with Gasteiger partial charge in [0.2, 0.25) is 0 Å². The Morgan fingerprint density at radius 3 is 2.47 bits per heavy atom. The van der Waals surface area contributed by atoms with Crippen LogP contribution in [0.5, 0.6) is 0 Å². The highest BCUT2D eigenvalue weighted by Gasteiger charge is 2.33. The number of aliphatic hydroxyl groups is 1. The van der Waals surface area contributed by atoms with Gasteiger partial charge in [-0.05, 0) is 12.3 Å². The maximum atomic E-state index is 11.1. The molecule has 0 aliphatic heterocycles. The van der Waals surface area contributed by atoms with E-state index in [1.807, 2.05) is 0 Å². The predicted octanol–water partition coefficient (Wildman–Crippen LogP) is -0.470. The topological polar surface area (TPSA) is 98.7 Å². The van der Waals surface area contributed by atoms with Gasteiger partial charge in [-0.3, -0.25) is 4.79 Å². The van der Waals surface area contributed by atoms with Crippen molar-refractivity contribution in [2.75, 3.05) is 7.05 Å². The molecule has 4 N–H and O–H groups in total. The number of carboxylic acid groups (broad SMARTS) is 1. The number of likely N-dealkylation sites (N-methyl/N-ethyl adjacent to an activating group) is 1. The van der Waals surface area contributed by atoms with Crippen molar-refractivity contribution in [1.29, 1.82) is 0 Å². The summed E-state index contributed by atoms with van der Waals surface area (Å²) in [7, 11) is 1.40. The minimum Gasteiger partial charge on any atom is -0.465 e. The summed E-state index contributed by atoms with van der Waals surface area (Å²) >= 11 is 0. The first-order chi connectivity index (χ1) is 7.04. The van der Waals surface area contributed by atoms with Crippen molar-refractivity contribution in [3.8, 4) is 0 Å². The fourth-order valence-corrected chi connectivity index (χ4v) is 1.47. The van der Waals surface area contributed by atoms with E-state index in [-0.39, 0.29) is 0 Å². The minimum absolute atomic E-state index is 0.432. The van der Waals surface area contributed by atoms with Crippen molar-refractivity contribution in [2.24, 2.45) is 5.92 Å². The summed E-state index contributed by atoms with van der Waals surface area (Å²) in [5.74, 6) is -0.129. The number of nitrogens with one attached hydrogen (secondary N) is 2. The van der Waals surface area contributed by atoms with Gasteiger partial charge in [0.25, 0.3) is 5.91 Å². The zero-order chi connectivity index (χ0) is 11.4. The van der Waals surface area contributed by atoms with Gasteiger partial charge in [-0.2, -0.15) is 0 Å².